The predicted molar refractivity (Wildman–Crippen MR) is 123 cm³/mol. The Morgan fingerprint density at radius 2 is 1.88 bits per heavy atom. The molecule has 10 heteroatoms. The average Bonchev–Trinajstić information content (AvgIpc) is 3.25. The Hall–Kier alpha value is -3.97. The molecule has 0 saturated carbocycles. The van der Waals surface area contributed by atoms with Crippen molar-refractivity contribution in [3.63, 3.8) is 0 Å². The second-order valence-electron chi connectivity index (χ2n) is 6.55. The third-order valence-corrected chi connectivity index (χ3v) is 5.55. The van der Waals surface area contributed by atoms with Crippen molar-refractivity contribution in [3.05, 3.63) is 52.9 Å². The molecule has 0 bridgehead atoms. The number of aromatic nitrogens is 3. The molecule has 2 aromatic carbocycles. The number of nitriles is 1. The smallest absolute Gasteiger partial charge is 0.342 e. The van der Waals surface area contributed by atoms with Crippen molar-refractivity contribution < 1.29 is 24.1 Å². The maximum Gasteiger partial charge on any atom is 0.342 e. The van der Waals surface area contributed by atoms with E-state index in [2.05, 4.69) is 10.2 Å². The van der Waals surface area contributed by atoms with Gasteiger partial charge in [-0.25, -0.2) is 4.79 Å². The number of para-hydroxylation sites is 1. The van der Waals surface area contributed by atoms with Gasteiger partial charge in [0.2, 0.25) is 0 Å². The summed E-state index contributed by atoms with van der Waals surface area (Å²) in [5, 5.41) is 27.5. The molecule has 33 heavy (non-hydrogen) atoms. The molecule has 0 saturated heterocycles. The maximum atomic E-state index is 12.0. The second-order valence-corrected chi connectivity index (χ2v) is 7.56. The van der Waals surface area contributed by atoms with Gasteiger partial charge in [0.25, 0.3) is 0 Å². The molecule has 3 aromatic rings. The van der Waals surface area contributed by atoms with Gasteiger partial charge in [0, 0.05) is 23.7 Å². The molecule has 0 aliphatic rings. The van der Waals surface area contributed by atoms with Gasteiger partial charge in [0.05, 0.1) is 14.2 Å². The van der Waals surface area contributed by atoms with Gasteiger partial charge < -0.3 is 23.9 Å². The second kappa shape index (κ2) is 11.1. The monoisotopic (exact) mass is 466 g/mol. The van der Waals surface area contributed by atoms with Crippen molar-refractivity contribution in [1.82, 2.24) is 14.8 Å². The lowest BCUT2D eigenvalue weighted by molar-refractivity contribution is -0.131. The molecule has 0 aliphatic heterocycles. The number of carboxylic acid groups (broad SMARTS) is 1. The fraction of sp³-hybridized carbons (Fsp3) is 0.217. The van der Waals surface area contributed by atoms with Crippen molar-refractivity contribution in [2.75, 3.05) is 20.8 Å². The van der Waals surface area contributed by atoms with E-state index in [1.807, 2.05) is 29.7 Å². The Labute approximate surface area is 195 Å². The highest BCUT2D eigenvalue weighted by atomic mass is 32.2. The first-order chi connectivity index (χ1) is 16.0. The molecule has 0 spiro atoms. The Morgan fingerprint density at radius 3 is 2.48 bits per heavy atom. The topological polar surface area (TPSA) is 119 Å². The normalized spacial score (nSPS) is 11.0. The van der Waals surface area contributed by atoms with E-state index in [0.29, 0.717) is 40.3 Å². The van der Waals surface area contributed by atoms with Crippen molar-refractivity contribution in [3.8, 4) is 34.7 Å². The van der Waals surface area contributed by atoms with Crippen LogP contribution in [0.25, 0.3) is 17.5 Å². The third kappa shape index (κ3) is 5.64. The summed E-state index contributed by atoms with van der Waals surface area (Å²) in [5.74, 6) is 1.05. The Kier molecular flexibility index (Phi) is 7.94. The van der Waals surface area contributed by atoms with E-state index in [0.717, 1.165) is 17.3 Å². The number of ether oxygens (including phenoxy) is 3. The van der Waals surface area contributed by atoms with E-state index in [1.165, 1.54) is 6.08 Å². The van der Waals surface area contributed by atoms with Crippen LogP contribution in [0.4, 0.5) is 0 Å². The van der Waals surface area contributed by atoms with E-state index in [4.69, 9.17) is 19.5 Å². The minimum absolute atomic E-state index is 0.0277. The fourth-order valence-electron chi connectivity index (χ4n) is 3.02. The summed E-state index contributed by atoms with van der Waals surface area (Å²) >= 11 is 0.979. The molecule has 0 aliphatic carbocycles. The quantitative estimate of drug-likeness (QED) is 0.348. The van der Waals surface area contributed by atoms with Crippen molar-refractivity contribution >= 4 is 23.8 Å². The highest BCUT2D eigenvalue weighted by Crippen LogP contribution is 2.34. The standard InChI is InChI=1S/C23H22N4O5S/c1-4-27-21(16-11-17(30-2)14-18(12-16)31-3)25-26-23(27)33-20(22(28)29)13-15-7-5-6-8-19(15)32-10-9-24/h5-8,11-14H,4,10H2,1-3H3,(H,28,29)/b20-13-. The van der Waals surface area contributed by atoms with Crippen LogP contribution in [-0.2, 0) is 11.3 Å². The minimum atomic E-state index is -1.12. The van der Waals surface area contributed by atoms with Crippen LogP contribution in [0.2, 0.25) is 0 Å². The largest absolute Gasteiger partial charge is 0.497 e. The van der Waals surface area contributed by atoms with Crippen LogP contribution in [0.1, 0.15) is 12.5 Å². The third-order valence-electron chi connectivity index (χ3n) is 4.55. The zero-order chi connectivity index (χ0) is 23.8. The van der Waals surface area contributed by atoms with Gasteiger partial charge in [-0.05, 0) is 43.0 Å². The molecule has 0 radical (unpaired) electrons. The number of carbonyl (C=O) groups is 1. The van der Waals surface area contributed by atoms with Crippen LogP contribution >= 0.6 is 11.8 Å². The number of carboxylic acids is 1. The molecule has 1 heterocycles. The van der Waals surface area contributed by atoms with E-state index in [9.17, 15) is 9.90 Å². The number of rotatable bonds is 10. The summed E-state index contributed by atoms with van der Waals surface area (Å²) in [6, 6.07) is 14.2. The molecule has 0 atom stereocenters. The summed E-state index contributed by atoms with van der Waals surface area (Å²) in [6.45, 7) is 2.29. The molecule has 0 fully saturated rings. The summed E-state index contributed by atoms with van der Waals surface area (Å²) in [5.41, 5.74) is 1.27. The molecular formula is C23H22N4O5S. The summed E-state index contributed by atoms with van der Waals surface area (Å²) in [6.07, 6.45) is 1.49. The molecular weight excluding hydrogens is 444 g/mol. The molecule has 1 aromatic heterocycles. The Morgan fingerprint density at radius 1 is 1.18 bits per heavy atom. The molecule has 0 unspecified atom stereocenters. The first-order valence-electron chi connectivity index (χ1n) is 9.89. The van der Waals surface area contributed by atoms with Crippen LogP contribution in [0.3, 0.4) is 0 Å². The number of hydrogen-bond donors (Lipinski definition) is 1. The van der Waals surface area contributed by atoms with E-state index < -0.39 is 5.97 Å². The van der Waals surface area contributed by atoms with E-state index >= 15 is 0 Å². The fourth-order valence-corrected chi connectivity index (χ4v) is 3.89. The van der Waals surface area contributed by atoms with E-state index in [1.54, 1.807) is 44.6 Å². The van der Waals surface area contributed by atoms with E-state index in [-0.39, 0.29) is 11.5 Å². The Balaban J connectivity index is 1.99. The lowest BCUT2D eigenvalue weighted by Crippen LogP contribution is -2.03. The maximum absolute atomic E-state index is 12.0. The summed E-state index contributed by atoms with van der Waals surface area (Å²) in [7, 11) is 3.12. The van der Waals surface area contributed by atoms with Gasteiger partial charge in [-0.2, -0.15) is 5.26 Å². The van der Waals surface area contributed by atoms with Crippen LogP contribution in [0, 0.1) is 11.3 Å². The van der Waals surface area contributed by atoms with Crippen LogP contribution in [-0.4, -0.2) is 46.7 Å². The number of thioether (sulfide) groups is 1. The van der Waals surface area contributed by atoms with Gasteiger partial charge >= 0.3 is 5.97 Å². The van der Waals surface area contributed by atoms with Crippen LogP contribution in [0.5, 0.6) is 17.2 Å². The lowest BCUT2D eigenvalue weighted by atomic mass is 10.2. The molecule has 3 rings (SSSR count). The molecule has 1 N–H and O–H groups in total. The first kappa shape index (κ1) is 23.7. The molecule has 0 amide bonds. The zero-order valence-electron chi connectivity index (χ0n) is 18.3. The minimum Gasteiger partial charge on any atom is -0.497 e. The number of methoxy groups -OCH3 is 2. The Bertz CT molecular complexity index is 1190. The zero-order valence-corrected chi connectivity index (χ0v) is 19.1. The number of benzene rings is 2. The highest BCUT2D eigenvalue weighted by molar-refractivity contribution is 8.04. The molecule has 170 valence electrons. The lowest BCUT2D eigenvalue weighted by Gasteiger charge is -2.11. The number of aliphatic carboxylic acids is 1. The molecule has 9 nitrogen and oxygen atoms in total. The van der Waals surface area contributed by atoms with Crippen molar-refractivity contribution in [1.29, 1.82) is 5.26 Å². The predicted octanol–water partition coefficient (Wildman–Crippen LogP) is 4.10. The highest BCUT2D eigenvalue weighted by Gasteiger charge is 2.19. The number of hydrogen-bond acceptors (Lipinski definition) is 8. The van der Waals surface area contributed by atoms with Crippen molar-refractivity contribution in [2.45, 2.75) is 18.6 Å². The SMILES string of the molecule is CCn1c(S/C(=C\c2ccccc2OCC#N)C(=O)O)nnc1-c1cc(OC)cc(OC)c1. The van der Waals surface area contributed by atoms with Gasteiger partial charge in [0.1, 0.15) is 28.2 Å². The van der Waals surface area contributed by atoms with Gasteiger partial charge in [-0.3, -0.25) is 0 Å². The van der Waals surface area contributed by atoms with Crippen LogP contribution in [0.15, 0.2) is 52.5 Å². The number of nitrogens with zero attached hydrogens (tertiary/aromatic N) is 4. The van der Waals surface area contributed by atoms with Crippen LogP contribution < -0.4 is 14.2 Å². The van der Waals surface area contributed by atoms with Gasteiger partial charge in [-0.1, -0.05) is 18.2 Å². The first-order valence-corrected chi connectivity index (χ1v) is 10.7. The van der Waals surface area contributed by atoms with Gasteiger partial charge in [-0.15, -0.1) is 10.2 Å². The summed E-state index contributed by atoms with van der Waals surface area (Å²) < 4.78 is 17.9. The van der Waals surface area contributed by atoms with Gasteiger partial charge in [0.15, 0.2) is 17.6 Å². The summed E-state index contributed by atoms with van der Waals surface area (Å²) in [4.78, 5) is 12.0. The van der Waals surface area contributed by atoms with Crippen molar-refractivity contribution in [2.24, 2.45) is 0 Å². The average molecular weight is 467 g/mol.